The Labute approximate surface area is 101 Å². The number of benzene rings is 1. The normalized spacial score (nSPS) is 9.94. The molecule has 0 amide bonds. The summed E-state index contributed by atoms with van der Waals surface area (Å²) in [7, 11) is 0. The summed E-state index contributed by atoms with van der Waals surface area (Å²) < 4.78 is 0. The number of ketones is 3. The van der Waals surface area contributed by atoms with Gasteiger partial charge in [0.15, 0.2) is 5.78 Å². The van der Waals surface area contributed by atoms with Crippen LogP contribution in [0.25, 0.3) is 0 Å². The van der Waals surface area contributed by atoms with Gasteiger partial charge in [-0.1, -0.05) is 37.3 Å². The van der Waals surface area contributed by atoms with Gasteiger partial charge in [0.2, 0.25) is 0 Å². The van der Waals surface area contributed by atoms with E-state index in [0.717, 1.165) is 6.42 Å². The molecule has 0 aliphatic carbocycles. The smallest absolute Gasteiger partial charge is 0.170 e. The molecule has 3 nitrogen and oxygen atoms in total. The fourth-order valence-electron chi connectivity index (χ4n) is 1.55. The van der Waals surface area contributed by atoms with Gasteiger partial charge in [-0.15, -0.1) is 0 Å². The molecule has 90 valence electrons. The second kappa shape index (κ2) is 6.74. The van der Waals surface area contributed by atoms with E-state index in [1.54, 1.807) is 24.3 Å². The second-order valence-electron chi connectivity index (χ2n) is 3.97. The van der Waals surface area contributed by atoms with Crippen molar-refractivity contribution in [2.24, 2.45) is 0 Å². The highest BCUT2D eigenvalue weighted by molar-refractivity contribution is 6.12. The maximum atomic E-state index is 11.7. The highest BCUT2D eigenvalue weighted by atomic mass is 16.2. The van der Waals surface area contributed by atoms with E-state index >= 15 is 0 Å². The van der Waals surface area contributed by atoms with E-state index in [1.165, 1.54) is 0 Å². The Hall–Kier alpha value is -1.77. The van der Waals surface area contributed by atoms with Crippen LogP contribution in [0.5, 0.6) is 0 Å². The van der Waals surface area contributed by atoms with Gasteiger partial charge in [0.1, 0.15) is 11.6 Å². The van der Waals surface area contributed by atoms with Crippen LogP contribution in [0.15, 0.2) is 30.3 Å². The van der Waals surface area contributed by atoms with Gasteiger partial charge >= 0.3 is 0 Å². The standard InChI is InChI=1S/C14H16O3/c1-2-6-12(15)9-13(16)10-14(17)11-7-4-3-5-8-11/h3-5,7-8H,2,6,9-10H2,1H3. The molecule has 3 heteroatoms. The second-order valence-corrected chi connectivity index (χ2v) is 3.97. The van der Waals surface area contributed by atoms with Crippen LogP contribution in [0, 0.1) is 0 Å². The largest absolute Gasteiger partial charge is 0.299 e. The Bertz CT molecular complexity index is 407. The monoisotopic (exact) mass is 232 g/mol. The first-order valence-corrected chi connectivity index (χ1v) is 5.75. The summed E-state index contributed by atoms with van der Waals surface area (Å²) in [5.74, 6) is -0.601. The van der Waals surface area contributed by atoms with Gasteiger partial charge in [0.05, 0.1) is 12.8 Å². The van der Waals surface area contributed by atoms with Gasteiger partial charge in [-0.05, 0) is 6.42 Å². The Balaban J connectivity index is 2.47. The van der Waals surface area contributed by atoms with E-state index in [2.05, 4.69) is 0 Å². The van der Waals surface area contributed by atoms with Crippen molar-refractivity contribution in [3.8, 4) is 0 Å². The fourth-order valence-corrected chi connectivity index (χ4v) is 1.55. The molecular formula is C14H16O3. The van der Waals surface area contributed by atoms with Gasteiger partial charge in [-0.2, -0.15) is 0 Å². The van der Waals surface area contributed by atoms with Crippen molar-refractivity contribution in [2.75, 3.05) is 0 Å². The van der Waals surface area contributed by atoms with Gasteiger partial charge in [0.25, 0.3) is 0 Å². The molecule has 0 heterocycles. The molecule has 0 aromatic heterocycles. The van der Waals surface area contributed by atoms with Crippen LogP contribution in [-0.4, -0.2) is 17.3 Å². The van der Waals surface area contributed by atoms with Crippen molar-refractivity contribution >= 4 is 17.3 Å². The molecule has 0 aliphatic rings. The van der Waals surface area contributed by atoms with E-state index in [0.29, 0.717) is 12.0 Å². The van der Waals surface area contributed by atoms with Gasteiger partial charge in [0, 0.05) is 12.0 Å². The molecule has 1 aromatic carbocycles. The minimum atomic E-state index is -0.294. The molecule has 0 unspecified atom stereocenters. The highest BCUT2D eigenvalue weighted by Gasteiger charge is 2.14. The zero-order valence-electron chi connectivity index (χ0n) is 9.94. The minimum absolute atomic E-state index is 0.0849. The van der Waals surface area contributed by atoms with Crippen LogP contribution in [-0.2, 0) is 9.59 Å². The molecule has 1 aromatic rings. The first kappa shape index (κ1) is 13.3. The lowest BCUT2D eigenvalue weighted by atomic mass is 10.0. The summed E-state index contributed by atoms with van der Waals surface area (Å²) >= 11 is 0. The maximum Gasteiger partial charge on any atom is 0.170 e. The molecule has 0 spiro atoms. The van der Waals surface area contributed by atoms with Crippen molar-refractivity contribution < 1.29 is 14.4 Å². The maximum absolute atomic E-state index is 11.7. The van der Waals surface area contributed by atoms with Crippen molar-refractivity contribution in [2.45, 2.75) is 32.6 Å². The predicted octanol–water partition coefficient (Wildman–Crippen LogP) is 2.59. The van der Waals surface area contributed by atoms with Crippen molar-refractivity contribution in [3.05, 3.63) is 35.9 Å². The van der Waals surface area contributed by atoms with Gasteiger partial charge in [-0.3, -0.25) is 14.4 Å². The van der Waals surface area contributed by atoms with E-state index in [4.69, 9.17) is 0 Å². The number of carbonyl (C=O) groups is 3. The highest BCUT2D eigenvalue weighted by Crippen LogP contribution is 2.05. The van der Waals surface area contributed by atoms with Crippen LogP contribution in [0.4, 0.5) is 0 Å². The van der Waals surface area contributed by atoms with Crippen molar-refractivity contribution in [3.63, 3.8) is 0 Å². The molecule has 1 rings (SSSR count). The SMILES string of the molecule is CCCC(=O)CC(=O)CC(=O)c1ccccc1. The predicted molar refractivity (Wildman–Crippen MR) is 64.9 cm³/mol. The van der Waals surface area contributed by atoms with E-state index in [9.17, 15) is 14.4 Å². The third-order valence-corrected chi connectivity index (χ3v) is 2.38. The summed E-state index contributed by atoms with van der Waals surface area (Å²) in [6.07, 6.45) is 0.843. The minimum Gasteiger partial charge on any atom is -0.299 e. The zero-order chi connectivity index (χ0) is 12.7. The third kappa shape index (κ3) is 4.72. The fraction of sp³-hybridized carbons (Fsp3) is 0.357. The number of hydrogen-bond donors (Lipinski definition) is 0. The third-order valence-electron chi connectivity index (χ3n) is 2.38. The molecule has 0 saturated carbocycles. The van der Waals surface area contributed by atoms with Crippen LogP contribution < -0.4 is 0 Å². The van der Waals surface area contributed by atoms with E-state index < -0.39 is 0 Å². The summed E-state index contributed by atoms with van der Waals surface area (Å²) in [6.45, 7) is 1.89. The number of hydrogen-bond acceptors (Lipinski definition) is 3. The molecule has 0 radical (unpaired) electrons. The summed E-state index contributed by atoms with van der Waals surface area (Å²) in [4.78, 5) is 34.4. The first-order valence-electron chi connectivity index (χ1n) is 5.75. The number of carbonyl (C=O) groups excluding carboxylic acids is 3. The molecule has 0 fully saturated rings. The van der Waals surface area contributed by atoms with Crippen molar-refractivity contribution in [1.82, 2.24) is 0 Å². The van der Waals surface area contributed by atoms with Crippen molar-refractivity contribution in [1.29, 1.82) is 0 Å². The molecule has 0 atom stereocenters. The Morgan fingerprint density at radius 2 is 1.59 bits per heavy atom. The molecule has 0 N–H and O–H groups in total. The van der Waals surface area contributed by atoms with Crippen LogP contribution in [0.1, 0.15) is 43.0 Å². The first-order chi connectivity index (χ1) is 8.13. The van der Waals surface area contributed by atoms with Gasteiger partial charge < -0.3 is 0 Å². The van der Waals surface area contributed by atoms with Crippen LogP contribution >= 0.6 is 0 Å². The molecule has 0 saturated heterocycles. The average Bonchev–Trinajstić information content (AvgIpc) is 2.30. The lowest BCUT2D eigenvalue weighted by Gasteiger charge is -2.00. The van der Waals surface area contributed by atoms with E-state index in [1.807, 2.05) is 13.0 Å². The van der Waals surface area contributed by atoms with Crippen LogP contribution in [0.3, 0.4) is 0 Å². The Kier molecular flexibility index (Phi) is 5.27. The summed E-state index contributed by atoms with van der Waals surface area (Å²) in [5, 5.41) is 0. The van der Waals surface area contributed by atoms with Crippen LogP contribution in [0.2, 0.25) is 0 Å². The average molecular weight is 232 g/mol. The topological polar surface area (TPSA) is 51.2 Å². The Morgan fingerprint density at radius 1 is 0.941 bits per heavy atom. The van der Waals surface area contributed by atoms with Gasteiger partial charge in [-0.25, -0.2) is 0 Å². The lowest BCUT2D eigenvalue weighted by Crippen LogP contribution is -2.12. The summed E-state index contributed by atoms with van der Waals surface area (Å²) in [6, 6.07) is 8.65. The van der Waals surface area contributed by atoms with E-state index in [-0.39, 0.29) is 30.2 Å². The number of Topliss-reactive ketones (excluding diaryl/α,β-unsaturated/α-hetero) is 3. The zero-order valence-corrected chi connectivity index (χ0v) is 9.94. The Morgan fingerprint density at radius 3 is 2.18 bits per heavy atom. The molecule has 0 bridgehead atoms. The lowest BCUT2D eigenvalue weighted by molar-refractivity contribution is -0.126. The molecule has 17 heavy (non-hydrogen) atoms. The molecule has 0 aliphatic heterocycles. The summed E-state index contributed by atoms with van der Waals surface area (Å²) in [5.41, 5.74) is 0.517. The molecular weight excluding hydrogens is 216 g/mol. The number of rotatable bonds is 7. The quantitative estimate of drug-likeness (QED) is 0.536.